The molecular weight excluding hydrogens is 243 g/mol. The Kier molecular flexibility index (Phi) is 4.05. The fraction of sp³-hybridized carbons (Fsp3) is 1.00. The van der Waals surface area contributed by atoms with E-state index in [0.29, 0.717) is 32.2 Å². The van der Waals surface area contributed by atoms with Crippen LogP contribution in [0.5, 0.6) is 0 Å². The Bertz CT molecular complexity index is 338. The third-order valence-electron chi connectivity index (χ3n) is 3.76. The summed E-state index contributed by atoms with van der Waals surface area (Å²) in [6.45, 7) is 1.83. The van der Waals surface area contributed by atoms with E-state index in [2.05, 4.69) is 10.6 Å². The molecule has 2 N–H and O–H groups in total. The lowest BCUT2D eigenvalue weighted by molar-refractivity contribution is 0.109. The number of halogens is 1. The van der Waals surface area contributed by atoms with Crippen LogP contribution in [0.3, 0.4) is 0 Å². The predicted octanol–water partition coefficient (Wildman–Crippen LogP) is 0.245. The van der Waals surface area contributed by atoms with Crippen molar-refractivity contribution in [3.8, 4) is 0 Å². The summed E-state index contributed by atoms with van der Waals surface area (Å²) in [4.78, 5) is 0. The second-order valence-corrected chi connectivity index (χ2v) is 7.51. The third kappa shape index (κ3) is 3.89. The van der Waals surface area contributed by atoms with E-state index >= 15 is 0 Å². The maximum atomic E-state index is 14.3. The number of sulfone groups is 1. The minimum absolute atomic E-state index is 0.168. The van der Waals surface area contributed by atoms with Gasteiger partial charge >= 0.3 is 0 Å². The van der Waals surface area contributed by atoms with Crippen LogP contribution in [0, 0.1) is 0 Å². The molecule has 4 nitrogen and oxygen atoms in total. The van der Waals surface area contributed by atoms with Crippen molar-refractivity contribution in [2.75, 3.05) is 31.1 Å². The van der Waals surface area contributed by atoms with Crippen molar-refractivity contribution in [2.45, 2.75) is 37.4 Å². The third-order valence-corrected chi connectivity index (χ3v) is 5.48. The lowest BCUT2D eigenvalue weighted by Crippen LogP contribution is -2.49. The SMILES string of the molecule is O=S1(=O)CCC(NCC2(F)CCNCC2)CC1. The van der Waals surface area contributed by atoms with E-state index in [4.69, 9.17) is 0 Å². The highest BCUT2D eigenvalue weighted by Crippen LogP contribution is 2.23. The lowest BCUT2D eigenvalue weighted by atomic mass is 9.94. The second kappa shape index (κ2) is 5.20. The molecule has 0 aliphatic carbocycles. The first-order chi connectivity index (χ1) is 7.99. The molecule has 0 radical (unpaired) electrons. The van der Waals surface area contributed by atoms with Crippen molar-refractivity contribution in [3.63, 3.8) is 0 Å². The smallest absolute Gasteiger partial charge is 0.150 e. The Hall–Kier alpha value is -0.200. The van der Waals surface area contributed by atoms with Crippen LogP contribution in [0.2, 0.25) is 0 Å². The molecule has 2 aliphatic rings. The zero-order valence-corrected chi connectivity index (χ0v) is 10.9. The first-order valence-corrected chi connectivity index (χ1v) is 8.15. The highest BCUT2D eigenvalue weighted by Gasteiger charge is 2.33. The van der Waals surface area contributed by atoms with Crippen molar-refractivity contribution in [3.05, 3.63) is 0 Å². The number of alkyl halides is 1. The summed E-state index contributed by atoms with van der Waals surface area (Å²) in [5.74, 6) is 0.483. The molecule has 0 bridgehead atoms. The van der Waals surface area contributed by atoms with Crippen LogP contribution in [0.25, 0.3) is 0 Å². The molecule has 6 heteroatoms. The maximum absolute atomic E-state index is 14.3. The zero-order valence-electron chi connectivity index (χ0n) is 10.0. The van der Waals surface area contributed by atoms with Crippen molar-refractivity contribution in [1.29, 1.82) is 0 Å². The summed E-state index contributed by atoms with van der Waals surface area (Å²) in [5, 5.41) is 6.34. The summed E-state index contributed by atoms with van der Waals surface area (Å²) in [5.41, 5.74) is -1.11. The van der Waals surface area contributed by atoms with E-state index in [-0.39, 0.29) is 17.5 Å². The zero-order chi connectivity index (χ0) is 12.4. The minimum Gasteiger partial charge on any atom is -0.316 e. The number of rotatable bonds is 3. The molecule has 0 saturated carbocycles. The summed E-state index contributed by atoms with van der Waals surface area (Å²) in [6.07, 6.45) is 2.34. The maximum Gasteiger partial charge on any atom is 0.150 e. The molecule has 0 unspecified atom stereocenters. The summed E-state index contributed by atoms with van der Waals surface area (Å²) in [6, 6.07) is 0.168. The van der Waals surface area contributed by atoms with Gasteiger partial charge in [0.2, 0.25) is 0 Å². The van der Waals surface area contributed by atoms with Crippen molar-refractivity contribution in [1.82, 2.24) is 10.6 Å². The van der Waals surface area contributed by atoms with Gasteiger partial charge in [0.1, 0.15) is 15.5 Å². The average molecular weight is 264 g/mol. The van der Waals surface area contributed by atoms with Crippen molar-refractivity contribution >= 4 is 9.84 Å². The summed E-state index contributed by atoms with van der Waals surface area (Å²) >= 11 is 0. The molecule has 2 heterocycles. The van der Waals surface area contributed by atoms with Gasteiger partial charge in [-0.15, -0.1) is 0 Å². The van der Waals surface area contributed by atoms with Gasteiger partial charge in [0.05, 0.1) is 11.5 Å². The fourth-order valence-electron chi connectivity index (χ4n) is 2.47. The lowest BCUT2D eigenvalue weighted by Gasteiger charge is -2.33. The Labute approximate surface area is 102 Å². The van der Waals surface area contributed by atoms with E-state index in [1.165, 1.54) is 0 Å². The molecule has 17 heavy (non-hydrogen) atoms. The number of piperidine rings is 1. The van der Waals surface area contributed by atoms with Crippen molar-refractivity contribution in [2.24, 2.45) is 0 Å². The molecule has 0 amide bonds. The number of hydrogen-bond acceptors (Lipinski definition) is 4. The Balaban J connectivity index is 1.75. The Morgan fingerprint density at radius 1 is 1.24 bits per heavy atom. The standard InChI is InChI=1S/C11H21FN2O2S/c12-11(3-5-13-6-4-11)9-14-10-1-7-17(15,16)8-2-10/h10,13-14H,1-9H2. The van der Waals surface area contributed by atoms with Gasteiger partial charge in [0, 0.05) is 12.6 Å². The number of nitrogens with one attached hydrogen (secondary N) is 2. The van der Waals surface area contributed by atoms with E-state index in [1.54, 1.807) is 0 Å². The average Bonchev–Trinajstić information content (AvgIpc) is 2.29. The first-order valence-electron chi connectivity index (χ1n) is 6.33. The second-order valence-electron chi connectivity index (χ2n) is 5.21. The van der Waals surface area contributed by atoms with Gasteiger partial charge in [-0.1, -0.05) is 0 Å². The van der Waals surface area contributed by atoms with Crippen LogP contribution in [-0.2, 0) is 9.84 Å². The van der Waals surface area contributed by atoms with Crippen LogP contribution in [0.4, 0.5) is 4.39 Å². The fourth-order valence-corrected chi connectivity index (χ4v) is 3.96. The molecule has 0 aromatic rings. The van der Waals surface area contributed by atoms with E-state index < -0.39 is 15.5 Å². The minimum atomic E-state index is -2.82. The van der Waals surface area contributed by atoms with E-state index in [0.717, 1.165) is 13.1 Å². The largest absolute Gasteiger partial charge is 0.316 e. The number of hydrogen-bond donors (Lipinski definition) is 2. The summed E-state index contributed by atoms with van der Waals surface area (Å²) in [7, 11) is -2.82. The van der Waals surface area contributed by atoms with Gasteiger partial charge in [-0.25, -0.2) is 12.8 Å². The van der Waals surface area contributed by atoms with Gasteiger partial charge < -0.3 is 10.6 Å². The highest BCUT2D eigenvalue weighted by molar-refractivity contribution is 7.91. The van der Waals surface area contributed by atoms with Crippen LogP contribution in [0.15, 0.2) is 0 Å². The molecule has 2 fully saturated rings. The Morgan fingerprint density at radius 2 is 1.82 bits per heavy atom. The van der Waals surface area contributed by atoms with Crippen LogP contribution >= 0.6 is 0 Å². The molecule has 2 rings (SSSR count). The Morgan fingerprint density at radius 3 is 2.41 bits per heavy atom. The van der Waals surface area contributed by atoms with E-state index in [9.17, 15) is 12.8 Å². The predicted molar refractivity (Wildman–Crippen MR) is 65.6 cm³/mol. The molecule has 2 aliphatic heterocycles. The van der Waals surface area contributed by atoms with Gasteiger partial charge in [-0.3, -0.25) is 0 Å². The van der Waals surface area contributed by atoms with Crippen LogP contribution < -0.4 is 10.6 Å². The highest BCUT2D eigenvalue weighted by atomic mass is 32.2. The van der Waals surface area contributed by atoms with Gasteiger partial charge in [-0.05, 0) is 38.8 Å². The van der Waals surface area contributed by atoms with Gasteiger partial charge in [-0.2, -0.15) is 0 Å². The molecular formula is C11H21FN2O2S. The normalized spacial score (nSPS) is 29.0. The van der Waals surface area contributed by atoms with Crippen LogP contribution in [-0.4, -0.2) is 51.3 Å². The van der Waals surface area contributed by atoms with Gasteiger partial charge in [0.25, 0.3) is 0 Å². The van der Waals surface area contributed by atoms with E-state index in [1.807, 2.05) is 0 Å². The molecule has 0 spiro atoms. The topological polar surface area (TPSA) is 58.2 Å². The quantitative estimate of drug-likeness (QED) is 0.767. The first kappa shape index (κ1) is 13.2. The van der Waals surface area contributed by atoms with Gasteiger partial charge in [0.15, 0.2) is 0 Å². The van der Waals surface area contributed by atoms with Crippen LogP contribution in [0.1, 0.15) is 25.7 Å². The van der Waals surface area contributed by atoms with Crippen molar-refractivity contribution < 1.29 is 12.8 Å². The monoisotopic (exact) mass is 264 g/mol. The molecule has 0 aromatic heterocycles. The molecule has 2 saturated heterocycles. The molecule has 0 aromatic carbocycles. The molecule has 100 valence electrons. The summed E-state index contributed by atoms with van der Waals surface area (Å²) < 4.78 is 36.8. The molecule has 0 atom stereocenters.